The van der Waals surface area contributed by atoms with Crippen molar-refractivity contribution in [1.82, 2.24) is 0 Å². The largest absolute Gasteiger partial charge is 0.492 e. The normalized spacial score (nSPS) is 16.5. The third-order valence-corrected chi connectivity index (χ3v) is 4.04. The summed E-state index contributed by atoms with van der Waals surface area (Å²) in [4.78, 5) is 11.1. The Balaban J connectivity index is 2.01. The zero-order chi connectivity index (χ0) is 13.0. The first kappa shape index (κ1) is 13.6. The van der Waals surface area contributed by atoms with Gasteiger partial charge in [0, 0.05) is 3.57 Å². The maximum absolute atomic E-state index is 11.1. The van der Waals surface area contributed by atoms with Gasteiger partial charge in [0.25, 0.3) is 0 Å². The van der Waals surface area contributed by atoms with E-state index in [4.69, 9.17) is 9.84 Å². The molecule has 1 fully saturated rings. The average molecular weight is 360 g/mol. The molecule has 1 N–H and O–H groups in total. The molecule has 0 atom stereocenters. The van der Waals surface area contributed by atoms with Crippen LogP contribution in [0.2, 0.25) is 0 Å². The molecule has 0 amide bonds. The van der Waals surface area contributed by atoms with Crippen molar-refractivity contribution in [2.24, 2.45) is 5.92 Å². The zero-order valence-electron chi connectivity index (χ0n) is 10.2. The van der Waals surface area contributed by atoms with E-state index in [0.29, 0.717) is 18.3 Å². The van der Waals surface area contributed by atoms with Crippen molar-refractivity contribution < 1.29 is 14.6 Å². The van der Waals surface area contributed by atoms with Crippen LogP contribution in [0, 0.1) is 9.49 Å². The van der Waals surface area contributed by atoms with Crippen molar-refractivity contribution in [2.45, 2.75) is 32.1 Å². The Morgan fingerprint density at radius 2 is 2.06 bits per heavy atom. The topological polar surface area (TPSA) is 46.5 Å². The lowest BCUT2D eigenvalue weighted by Crippen LogP contribution is -2.16. The van der Waals surface area contributed by atoms with E-state index in [1.165, 1.54) is 32.1 Å². The van der Waals surface area contributed by atoms with Crippen LogP contribution in [0.15, 0.2) is 18.2 Å². The Labute approximate surface area is 121 Å². The number of carboxylic acid groups (broad SMARTS) is 1. The van der Waals surface area contributed by atoms with Gasteiger partial charge in [-0.25, -0.2) is 4.79 Å². The van der Waals surface area contributed by atoms with Gasteiger partial charge in [-0.2, -0.15) is 0 Å². The smallest absolute Gasteiger partial charge is 0.339 e. The summed E-state index contributed by atoms with van der Waals surface area (Å²) in [6.45, 7) is 0.640. The summed E-state index contributed by atoms with van der Waals surface area (Å²) in [6, 6.07) is 5.29. The maximum atomic E-state index is 11.1. The Bertz CT molecular complexity index is 425. The number of hydrogen-bond donors (Lipinski definition) is 1. The molecule has 1 saturated carbocycles. The zero-order valence-corrected chi connectivity index (χ0v) is 12.4. The molecule has 0 unspecified atom stereocenters. The molecule has 4 heteroatoms. The second-order valence-corrected chi connectivity index (χ2v) is 6.01. The van der Waals surface area contributed by atoms with Gasteiger partial charge in [-0.05, 0) is 59.5 Å². The Morgan fingerprint density at radius 3 is 2.72 bits per heavy atom. The van der Waals surface area contributed by atoms with E-state index in [9.17, 15) is 4.79 Å². The van der Waals surface area contributed by atoms with Crippen molar-refractivity contribution in [3.8, 4) is 5.75 Å². The first-order chi connectivity index (χ1) is 8.66. The molecular weight excluding hydrogens is 343 g/mol. The number of carbonyl (C=O) groups is 1. The van der Waals surface area contributed by atoms with Crippen LogP contribution in [0.25, 0.3) is 0 Å². The lowest BCUT2D eigenvalue weighted by atomic mass is 9.90. The predicted molar refractivity (Wildman–Crippen MR) is 78.2 cm³/mol. The standard InChI is InChI=1S/C14H17IO3/c15-11-6-7-13(12(8-11)14(16)17)18-9-10-4-2-1-3-5-10/h6-8,10H,1-5,9H2,(H,16,17). The van der Waals surface area contributed by atoms with Crippen LogP contribution in [0.1, 0.15) is 42.5 Å². The van der Waals surface area contributed by atoms with E-state index >= 15 is 0 Å². The van der Waals surface area contributed by atoms with Gasteiger partial charge >= 0.3 is 5.97 Å². The highest BCUT2D eigenvalue weighted by Gasteiger charge is 2.16. The molecule has 0 radical (unpaired) electrons. The second kappa shape index (κ2) is 6.41. The molecule has 0 spiro atoms. The van der Waals surface area contributed by atoms with Gasteiger partial charge in [0.1, 0.15) is 11.3 Å². The first-order valence-electron chi connectivity index (χ1n) is 6.32. The van der Waals surface area contributed by atoms with Crippen molar-refractivity contribution in [1.29, 1.82) is 0 Å². The number of benzene rings is 1. The fourth-order valence-corrected chi connectivity index (χ4v) is 2.85. The SMILES string of the molecule is O=C(O)c1cc(I)ccc1OCC1CCCCC1. The summed E-state index contributed by atoms with van der Waals surface area (Å²) in [6.07, 6.45) is 6.26. The Hall–Kier alpha value is -0.780. The molecule has 98 valence electrons. The van der Waals surface area contributed by atoms with Gasteiger partial charge in [-0.15, -0.1) is 0 Å². The van der Waals surface area contributed by atoms with Gasteiger partial charge in [-0.3, -0.25) is 0 Å². The summed E-state index contributed by atoms with van der Waals surface area (Å²) in [7, 11) is 0. The van der Waals surface area contributed by atoms with E-state index in [1.807, 2.05) is 6.07 Å². The molecule has 0 bridgehead atoms. The fourth-order valence-electron chi connectivity index (χ4n) is 2.36. The van der Waals surface area contributed by atoms with Crippen LogP contribution in [-0.4, -0.2) is 17.7 Å². The predicted octanol–water partition coefficient (Wildman–Crippen LogP) is 3.95. The van der Waals surface area contributed by atoms with Gasteiger partial charge in [0.15, 0.2) is 0 Å². The number of hydrogen-bond acceptors (Lipinski definition) is 2. The molecule has 0 aliphatic heterocycles. The molecule has 0 saturated heterocycles. The molecule has 1 aromatic carbocycles. The monoisotopic (exact) mass is 360 g/mol. The van der Waals surface area contributed by atoms with E-state index < -0.39 is 5.97 Å². The molecule has 0 aromatic heterocycles. The summed E-state index contributed by atoms with van der Waals surface area (Å²) in [5.41, 5.74) is 0.262. The molecule has 1 aliphatic rings. The molecule has 1 aliphatic carbocycles. The van der Waals surface area contributed by atoms with Crippen LogP contribution in [0.3, 0.4) is 0 Å². The fraction of sp³-hybridized carbons (Fsp3) is 0.500. The Morgan fingerprint density at radius 1 is 1.33 bits per heavy atom. The highest BCUT2D eigenvalue weighted by molar-refractivity contribution is 14.1. The van der Waals surface area contributed by atoms with Crippen LogP contribution >= 0.6 is 22.6 Å². The van der Waals surface area contributed by atoms with Crippen molar-refractivity contribution in [3.63, 3.8) is 0 Å². The van der Waals surface area contributed by atoms with E-state index in [-0.39, 0.29) is 5.56 Å². The first-order valence-corrected chi connectivity index (χ1v) is 7.40. The number of halogens is 1. The van der Waals surface area contributed by atoms with Gasteiger partial charge in [0.2, 0.25) is 0 Å². The minimum absolute atomic E-state index is 0.262. The van der Waals surface area contributed by atoms with E-state index in [2.05, 4.69) is 22.6 Å². The molecule has 0 heterocycles. The lowest BCUT2D eigenvalue weighted by Gasteiger charge is -2.22. The number of aromatic carboxylic acids is 1. The van der Waals surface area contributed by atoms with Crippen molar-refractivity contribution in [2.75, 3.05) is 6.61 Å². The molecule has 2 rings (SSSR count). The Kier molecular flexibility index (Phi) is 4.86. The second-order valence-electron chi connectivity index (χ2n) is 4.76. The summed E-state index contributed by atoms with van der Waals surface area (Å²) >= 11 is 2.11. The molecule has 18 heavy (non-hydrogen) atoms. The number of ether oxygens (including phenoxy) is 1. The highest BCUT2D eigenvalue weighted by atomic mass is 127. The van der Waals surface area contributed by atoms with Crippen LogP contribution < -0.4 is 4.74 Å². The minimum Gasteiger partial charge on any atom is -0.492 e. The third kappa shape index (κ3) is 3.60. The minimum atomic E-state index is -0.924. The summed E-state index contributed by atoms with van der Waals surface area (Å²) in [5, 5.41) is 9.14. The molecule has 1 aromatic rings. The average Bonchev–Trinajstić information content (AvgIpc) is 2.38. The van der Waals surface area contributed by atoms with Gasteiger partial charge < -0.3 is 9.84 Å². The van der Waals surface area contributed by atoms with Crippen LogP contribution in [-0.2, 0) is 0 Å². The summed E-state index contributed by atoms with van der Waals surface area (Å²) in [5.74, 6) is 0.153. The van der Waals surface area contributed by atoms with Crippen molar-refractivity contribution >= 4 is 28.6 Å². The number of carboxylic acids is 1. The highest BCUT2D eigenvalue weighted by Crippen LogP contribution is 2.26. The van der Waals surface area contributed by atoms with Crippen LogP contribution in [0.5, 0.6) is 5.75 Å². The lowest BCUT2D eigenvalue weighted by molar-refractivity contribution is 0.0690. The van der Waals surface area contributed by atoms with Gasteiger partial charge in [0.05, 0.1) is 6.61 Å². The van der Waals surface area contributed by atoms with Gasteiger partial charge in [-0.1, -0.05) is 19.3 Å². The molecule has 3 nitrogen and oxygen atoms in total. The quantitative estimate of drug-likeness (QED) is 0.828. The van der Waals surface area contributed by atoms with Crippen molar-refractivity contribution in [3.05, 3.63) is 27.3 Å². The van der Waals surface area contributed by atoms with E-state index in [1.54, 1.807) is 12.1 Å². The van der Waals surface area contributed by atoms with E-state index in [0.717, 1.165) is 3.57 Å². The molecular formula is C14H17IO3. The number of rotatable bonds is 4. The maximum Gasteiger partial charge on any atom is 0.339 e. The van der Waals surface area contributed by atoms with Crippen LogP contribution in [0.4, 0.5) is 0 Å². The third-order valence-electron chi connectivity index (χ3n) is 3.37. The summed E-state index contributed by atoms with van der Waals surface area (Å²) < 4.78 is 6.62.